The summed E-state index contributed by atoms with van der Waals surface area (Å²) in [5, 5.41) is 19.3. The van der Waals surface area contributed by atoms with Gasteiger partial charge in [0, 0.05) is 18.5 Å². The summed E-state index contributed by atoms with van der Waals surface area (Å²) in [6.07, 6.45) is 0.413. The third kappa shape index (κ3) is 2.92. The van der Waals surface area contributed by atoms with Crippen LogP contribution in [0.25, 0.3) is 0 Å². The monoisotopic (exact) mass is 225 g/mol. The van der Waals surface area contributed by atoms with E-state index in [1.165, 1.54) is 16.7 Å². The fourth-order valence-corrected chi connectivity index (χ4v) is 1.97. The molecule has 0 aliphatic heterocycles. The van der Waals surface area contributed by atoms with E-state index in [0.717, 1.165) is 0 Å². The number of hydrogen-bond donors (Lipinski definition) is 1. The van der Waals surface area contributed by atoms with Crippen LogP contribution in [-0.2, 0) is 0 Å². The number of hydrogen-bond acceptors (Lipinski definition) is 5. The molecule has 0 aliphatic rings. The van der Waals surface area contributed by atoms with Crippen molar-refractivity contribution in [3.05, 3.63) is 11.1 Å². The number of aromatic carboxylic acids is 1. The Bertz CT molecular complexity index is 383. The van der Waals surface area contributed by atoms with Gasteiger partial charge in [-0.05, 0) is 6.92 Å². The third-order valence-corrected chi connectivity index (χ3v) is 2.76. The van der Waals surface area contributed by atoms with Gasteiger partial charge >= 0.3 is 5.97 Å². The molecule has 15 heavy (non-hydrogen) atoms. The Labute approximate surface area is 91.6 Å². The minimum Gasteiger partial charge on any atom is -0.476 e. The average molecular weight is 225 g/mol. The lowest BCUT2D eigenvalue weighted by atomic mass is 10.4. The highest BCUT2D eigenvalue weighted by molar-refractivity contribution is 7.13. The SMILES string of the molecule is CCN(CCC#N)c1nc(C(=O)O)cs1. The quantitative estimate of drug-likeness (QED) is 0.823. The second kappa shape index (κ2) is 5.32. The summed E-state index contributed by atoms with van der Waals surface area (Å²) >= 11 is 1.29. The van der Waals surface area contributed by atoms with Crippen molar-refractivity contribution in [2.75, 3.05) is 18.0 Å². The van der Waals surface area contributed by atoms with Gasteiger partial charge in [-0.1, -0.05) is 0 Å². The first-order valence-electron chi connectivity index (χ1n) is 4.49. The summed E-state index contributed by atoms with van der Waals surface area (Å²) in [6, 6.07) is 2.05. The van der Waals surface area contributed by atoms with Crippen molar-refractivity contribution in [2.24, 2.45) is 0 Å². The van der Waals surface area contributed by atoms with Gasteiger partial charge in [-0.15, -0.1) is 11.3 Å². The van der Waals surface area contributed by atoms with Crippen molar-refractivity contribution >= 4 is 22.4 Å². The van der Waals surface area contributed by atoms with Crippen molar-refractivity contribution in [2.45, 2.75) is 13.3 Å². The Morgan fingerprint density at radius 3 is 3.00 bits per heavy atom. The van der Waals surface area contributed by atoms with E-state index >= 15 is 0 Å². The predicted molar refractivity (Wildman–Crippen MR) is 57.2 cm³/mol. The van der Waals surface area contributed by atoms with Crippen LogP contribution in [0, 0.1) is 11.3 Å². The van der Waals surface area contributed by atoms with Gasteiger partial charge in [-0.3, -0.25) is 0 Å². The topological polar surface area (TPSA) is 77.2 Å². The van der Waals surface area contributed by atoms with Crippen LogP contribution in [0.2, 0.25) is 0 Å². The Morgan fingerprint density at radius 2 is 2.53 bits per heavy atom. The highest BCUT2D eigenvalue weighted by Gasteiger charge is 2.12. The Hall–Kier alpha value is -1.61. The molecule has 0 aliphatic carbocycles. The molecule has 1 aromatic rings. The maximum atomic E-state index is 10.6. The Morgan fingerprint density at radius 1 is 1.80 bits per heavy atom. The molecule has 0 bridgehead atoms. The van der Waals surface area contributed by atoms with Crippen molar-refractivity contribution in [3.63, 3.8) is 0 Å². The third-order valence-electron chi connectivity index (χ3n) is 1.86. The molecule has 0 saturated carbocycles. The van der Waals surface area contributed by atoms with E-state index in [2.05, 4.69) is 11.1 Å². The van der Waals surface area contributed by atoms with Gasteiger partial charge in [-0.25, -0.2) is 9.78 Å². The normalized spacial score (nSPS) is 9.60. The van der Waals surface area contributed by atoms with E-state index in [4.69, 9.17) is 10.4 Å². The van der Waals surface area contributed by atoms with E-state index in [9.17, 15) is 4.79 Å². The number of thiazole rings is 1. The first-order chi connectivity index (χ1) is 7.19. The van der Waals surface area contributed by atoms with Crippen LogP contribution in [0.4, 0.5) is 5.13 Å². The van der Waals surface area contributed by atoms with Crippen LogP contribution in [0.15, 0.2) is 5.38 Å². The van der Waals surface area contributed by atoms with Gasteiger partial charge in [-0.2, -0.15) is 5.26 Å². The highest BCUT2D eigenvalue weighted by atomic mass is 32.1. The minimum absolute atomic E-state index is 0.0606. The molecule has 0 unspecified atom stereocenters. The van der Waals surface area contributed by atoms with E-state index < -0.39 is 5.97 Å². The number of nitrogens with zero attached hydrogens (tertiary/aromatic N) is 3. The molecule has 0 radical (unpaired) electrons. The first kappa shape index (κ1) is 11.5. The van der Waals surface area contributed by atoms with Crippen LogP contribution in [0.3, 0.4) is 0 Å². The number of anilines is 1. The molecule has 0 aromatic carbocycles. The minimum atomic E-state index is -1.02. The molecular formula is C9H11N3O2S. The first-order valence-corrected chi connectivity index (χ1v) is 5.37. The molecule has 6 heteroatoms. The van der Waals surface area contributed by atoms with E-state index in [0.29, 0.717) is 24.6 Å². The van der Waals surface area contributed by atoms with Crippen LogP contribution < -0.4 is 4.90 Å². The Balaban J connectivity index is 2.74. The Kier molecular flexibility index (Phi) is 4.06. The molecule has 1 N–H and O–H groups in total. The largest absolute Gasteiger partial charge is 0.476 e. The standard InChI is InChI=1S/C9H11N3O2S/c1-2-12(5-3-4-10)9-11-7(6-15-9)8(13)14/h6H,2-3,5H2,1H3,(H,13,14). The zero-order valence-electron chi connectivity index (χ0n) is 8.30. The molecular weight excluding hydrogens is 214 g/mol. The summed E-state index contributed by atoms with van der Waals surface area (Å²) in [5.41, 5.74) is 0.0606. The van der Waals surface area contributed by atoms with Gasteiger partial charge in [0.05, 0.1) is 12.5 Å². The van der Waals surface area contributed by atoms with Crippen molar-refractivity contribution < 1.29 is 9.90 Å². The van der Waals surface area contributed by atoms with Gasteiger partial charge in [0.25, 0.3) is 0 Å². The summed E-state index contributed by atoms with van der Waals surface area (Å²) in [7, 11) is 0. The zero-order valence-corrected chi connectivity index (χ0v) is 9.12. The smallest absolute Gasteiger partial charge is 0.355 e. The van der Waals surface area contributed by atoms with Crippen LogP contribution in [0.5, 0.6) is 0 Å². The van der Waals surface area contributed by atoms with Gasteiger partial charge < -0.3 is 10.0 Å². The molecule has 80 valence electrons. The maximum absolute atomic E-state index is 10.6. The van der Waals surface area contributed by atoms with Crippen molar-refractivity contribution in [1.29, 1.82) is 5.26 Å². The number of carboxylic acids is 1. The number of carboxylic acid groups (broad SMARTS) is 1. The van der Waals surface area contributed by atoms with Gasteiger partial charge in [0.1, 0.15) is 0 Å². The van der Waals surface area contributed by atoms with Crippen molar-refractivity contribution in [3.8, 4) is 6.07 Å². The van der Waals surface area contributed by atoms with Crippen molar-refractivity contribution in [1.82, 2.24) is 4.98 Å². The highest BCUT2D eigenvalue weighted by Crippen LogP contribution is 2.20. The average Bonchev–Trinajstić information content (AvgIpc) is 2.68. The van der Waals surface area contributed by atoms with Crippen LogP contribution in [-0.4, -0.2) is 29.1 Å². The lowest BCUT2D eigenvalue weighted by Crippen LogP contribution is -2.23. The van der Waals surface area contributed by atoms with E-state index in [1.54, 1.807) is 0 Å². The summed E-state index contributed by atoms with van der Waals surface area (Å²) in [5.74, 6) is -1.02. The van der Waals surface area contributed by atoms with E-state index in [1.807, 2.05) is 11.8 Å². The number of nitriles is 1. The number of aromatic nitrogens is 1. The molecule has 1 heterocycles. The molecule has 1 aromatic heterocycles. The van der Waals surface area contributed by atoms with Gasteiger partial charge in [0.15, 0.2) is 10.8 Å². The van der Waals surface area contributed by atoms with Crippen LogP contribution in [0.1, 0.15) is 23.8 Å². The number of rotatable bonds is 5. The van der Waals surface area contributed by atoms with E-state index in [-0.39, 0.29) is 5.69 Å². The molecule has 0 saturated heterocycles. The fraction of sp³-hybridized carbons (Fsp3) is 0.444. The summed E-state index contributed by atoms with van der Waals surface area (Å²) in [4.78, 5) is 16.5. The maximum Gasteiger partial charge on any atom is 0.355 e. The molecule has 0 amide bonds. The van der Waals surface area contributed by atoms with Crippen LogP contribution >= 0.6 is 11.3 Å². The summed E-state index contributed by atoms with van der Waals surface area (Å²) in [6.45, 7) is 3.24. The molecule has 0 atom stereocenters. The summed E-state index contributed by atoms with van der Waals surface area (Å²) < 4.78 is 0. The molecule has 0 spiro atoms. The van der Waals surface area contributed by atoms with Gasteiger partial charge in [0.2, 0.25) is 0 Å². The lowest BCUT2D eigenvalue weighted by Gasteiger charge is -2.17. The molecule has 1 rings (SSSR count). The molecule has 0 fully saturated rings. The predicted octanol–water partition coefficient (Wildman–Crippen LogP) is 1.58. The number of carbonyl (C=O) groups is 1. The second-order valence-electron chi connectivity index (χ2n) is 2.81. The second-order valence-corrected chi connectivity index (χ2v) is 3.64. The molecule has 5 nitrogen and oxygen atoms in total. The lowest BCUT2D eigenvalue weighted by molar-refractivity contribution is 0.0691. The fourth-order valence-electron chi connectivity index (χ4n) is 1.08. The zero-order chi connectivity index (χ0) is 11.3.